The molecule has 1 aromatic heterocycles. The van der Waals surface area contributed by atoms with E-state index < -0.39 is 5.97 Å². The number of Topliss-reactive ketones (excluding diaryl/α,β-unsaturated/α-hetero) is 1. The van der Waals surface area contributed by atoms with Gasteiger partial charge in [-0.2, -0.15) is 0 Å². The SMILES string of the molecule is CCOC(=O)c1cnc2ccccc2c1Nc1ccc(C(C)=O)cc1. The van der Waals surface area contributed by atoms with Crippen LogP contribution in [0.5, 0.6) is 0 Å². The minimum absolute atomic E-state index is 0.00752. The summed E-state index contributed by atoms with van der Waals surface area (Å²) in [6, 6.07) is 14.7. The van der Waals surface area contributed by atoms with Gasteiger partial charge in [0.15, 0.2) is 5.78 Å². The molecule has 0 fully saturated rings. The third kappa shape index (κ3) is 3.50. The van der Waals surface area contributed by atoms with Gasteiger partial charge in [-0.25, -0.2) is 4.79 Å². The van der Waals surface area contributed by atoms with Crippen LogP contribution in [-0.4, -0.2) is 23.3 Å². The average Bonchev–Trinajstić information content (AvgIpc) is 2.62. The van der Waals surface area contributed by atoms with Gasteiger partial charge < -0.3 is 10.1 Å². The number of esters is 1. The maximum atomic E-state index is 12.3. The van der Waals surface area contributed by atoms with Crippen LogP contribution in [0.15, 0.2) is 54.7 Å². The monoisotopic (exact) mass is 334 g/mol. The molecule has 25 heavy (non-hydrogen) atoms. The van der Waals surface area contributed by atoms with Crippen LogP contribution in [0.1, 0.15) is 34.6 Å². The molecule has 1 heterocycles. The van der Waals surface area contributed by atoms with Crippen LogP contribution in [0.25, 0.3) is 10.9 Å². The smallest absolute Gasteiger partial charge is 0.341 e. The number of hydrogen-bond acceptors (Lipinski definition) is 5. The second kappa shape index (κ2) is 7.13. The molecule has 3 aromatic rings. The van der Waals surface area contributed by atoms with Crippen molar-refractivity contribution in [3.63, 3.8) is 0 Å². The van der Waals surface area contributed by atoms with Crippen LogP contribution in [0, 0.1) is 0 Å². The van der Waals surface area contributed by atoms with E-state index >= 15 is 0 Å². The number of pyridine rings is 1. The molecule has 0 bridgehead atoms. The lowest BCUT2D eigenvalue weighted by Gasteiger charge is -2.14. The van der Waals surface area contributed by atoms with Crippen molar-refractivity contribution in [1.29, 1.82) is 0 Å². The summed E-state index contributed by atoms with van der Waals surface area (Å²) >= 11 is 0. The first kappa shape index (κ1) is 16.6. The van der Waals surface area contributed by atoms with Crippen LogP contribution in [0.3, 0.4) is 0 Å². The van der Waals surface area contributed by atoms with Crippen LogP contribution in [-0.2, 0) is 4.74 Å². The fourth-order valence-corrected chi connectivity index (χ4v) is 2.57. The number of hydrogen-bond donors (Lipinski definition) is 1. The first-order chi connectivity index (χ1) is 12.1. The van der Waals surface area contributed by atoms with Crippen LogP contribution < -0.4 is 5.32 Å². The summed E-state index contributed by atoms with van der Waals surface area (Å²) in [7, 11) is 0. The van der Waals surface area contributed by atoms with E-state index in [1.807, 2.05) is 24.3 Å². The largest absolute Gasteiger partial charge is 0.462 e. The molecule has 0 saturated heterocycles. The predicted octanol–water partition coefficient (Wildman–Crippen LogP) is 4.36. The van der Waals surface area contributed by atoms with E-state index in [4.69, 9.17) is 4.74 Å². The third-order valence-electron chi connectivity index (χ3n) is 3.83. The molecule has 0 amide bonds. The van der Waals surface area contributed by atoms with Crippen LogP contribution in [0.2, 0.25) is 0 Å². The molecular weight excluding hydrogens is 316 g/mol. The Labute approximate surface area is 145 Å². The quantitative estimate of drug-likeness (QED) is 0.555. The molecular formula is C20H18N2O3. The number of anilines is 2. The molecule has 3 rings (SSSR count). The van der Waals surface area contributed by atoms with Crippen molar-refractivity contribution in [2.75, 3.05) is 11.9 Å². The number of ether oxygens (including phenoxy) is 1. The number of aromatic nitrogens is 1. The van der Waals surface area contributed by atoms with E-state index in [2.05, 4.69) is 10.3 Å². The van der Waals surface area contributed by atoms with Gasteiger partial charge in [-0.05, 0) is 44.2 Å². The van der Waals surface area contributed by atoms with Crippen molar-refractivity contribution in [2.24, 2.45) is 0 Å². The van der Waals surface area contributed by atoms with Crippen molar-refractivity contribution in [3.8, 4) is 0 Å². The Bertz CT molecular complexity index is 933. The number of para-hydroxylation sites is 1. The summed E-state index contributed by atoms with van der Waals surface area (Å²) in [4.78, 5) is 28.0. The second-order valence-corrected chi connectivity index (χ2v) is 5.54. The maximum absolute atomic E-state index is 12.3. The lowest BCUT2D eigenvalue weighted by Crippen LogP contribution is -2.09. The standard InChI is InChI=1S/C20H18N2O3/c1-3-25-20(24)17-12-21-18-7-5-4-6-16(18)19(17)22-15-10-8-14(9-11-15)13(2)23/h4-12H,3H2,1-2H3,(H,21,22). The Morgan fingerprint density at radius 2 is 1.80 bits per heavy atom. The van der Waals surface area contributed by atoms with E-state index in [-0.39, 0.29) is 5.78 Å². The van der Waals surface area contributed by atoms with Gasteiger partial charge in [-0.3, -0.25) is 9.78 Å². The number of ketones is 1. The number of nitrogens with one attached hydrogen (secondary N) is 1. The Kier molecular flexibility index (Phi) is 4.75. The van der Waals surface area contributed by atoms with Gasteiger partial charge in [0.25, 0.3) is 0 Å². The third-order valence-corrected chi connectivity index (χ3v) is 3.83. The fraction of sp³-hybridized carbons (Fsp3) is 0.150. The fourth-order valence-electron chi connectivity index (χ4n) is 2.57. The van der Waals surface area contributed by atoms with Gasteiger partial charge in [0.05, 0.1) is 17.8 Å². The highest BCUT2D eigenvalue weighted by atomic mass is 16.5. The zero-order valence-electron chi connectivity index (χ0n) is 14.1. The molecule has 0 atom stereocenters. The highest BCUT2D eigenvalue weighted by molar-refractivity contribution is 6.06. The molecule has 0 aliphatic heterocycles. The van der Waals surface area contributed by atoms with Gasteiger partial charge >= 0.3 is 5.97 Å². The van der Waals surface area contributed by atoms with E-state index in [0.717, 1.165) is 16.6 Å². The second-order valence-electron chi connectivity index (χ2n) is 5.54. The number of benzene rings is 2. The van der Waals surface area contributed by atoms with Crippen LogP contribution in [0.4, 0.5) is 11.4 Å². The molecule has 0 spiro atoms. The summed E-state index contributed by atoms with van der Waals surface area (Å²) in [5.74, 6) is -0.420. The number of carbonyl (C=O) groups is 2. The number of carbonyl (C=O) groups excluding carboxylic acids is 2. The van der Waals surface area contributed by atoms with Crippen molar-refractivity contribution in [1.82, 2.24) is 4.98 Å². The van der Waals surface area contributed by atoms with E-state index in [1.165, 1.54) is 13.1 Å². The molecule has 5 heteroatoms. The zero-order valence-corrected chi connectivity index (χ0v) is 14.1. The van der Waals surface area contributed by atoms with Gasteiger partial charge in [0, 0.05) is 22.8 Å². The number of rotatable bonds is 5. The van der Waals surface area contributed by atoms with Crippen molar-refractivity contribution in [2.45, 2.75) is 13.8 Å². The molecule has 1 N–H and O–H groups in total. The minimum atomic E-state index is -0.427. The highest BCUT2D eigenvalue weighted by Gasteiger charge is 2.16. The Morgan fingerprint density at radius 3 is 2.48 bits per heavy atom. The number of nitrogens with zero attached hydrogens (tertiary/aromatic N) is 1. The molecule has 0 aliphatic carbocycles. The highest BCUT2D eigenvalue weighted by Crippen LogP contribution is 2.29. The van der Waals surface area contributed by atoms with Crippen LogP contribution >= 0.6 is 0 Å². The predicted molar refractivity (Wildman–Crippen MR) is 97.4 cm³/mol. The summed E-state index contributed by atoms with van der Waals surface area (Å²) in [5.41, 5.74) is 3.19. The zero-order chi connectivity index (χ0) is 17.8. The minimum Gasteiger partial charge on any atom is -0.462 e. The van der Waals surface area contributed by atoms with Gasteiger partial charge in [-0.1, -0.05) is 18.2 Å². The van der Waals surface area contributed by atoms with Crippen molar-refractivity contribution in [3.05, 3.63) is 65.9 Å². The lowest BCUT2D eigenvalue weighted by atomic mass is 10.1. The Hall–Kier alpha value is -3.21. The molecule has 0 radical (unpaired) electrons. The van der Waals surface area contributed by atoms with E-state index in [9.17, 15) is 9.59 Å². The summed E-state index contributed by atoms with van der Waals surface area (Å²) < 4.78 is 5.14. The van der Waals surface area contributed by atoms with E-state index in [1.54, 1.807) is 31.2 Å². The molecule has 2 aromatic carbocycles. The maximum Gasteiger partial charge on any atom is 0.341 e. The van der Waals surface area contributed by atoms with Gasteiger partial charge in [0.2, 0.25) is 0 Å². The van der Waals surface area contributed by atoms with E-state index in [0.29, 0.717) is 23.4 Å². The molecule has 0 unspecified atom stereocenters. The Balaban J connectivity index is 2.07. The normalized spacial score (nSPS) is 10.5. The first-order valence-electron chi connectivity index (χ1n) is 8.03. The average molecular weight is 334 g/mol. The van der Waals surface area contributed by atoms with Gasteiger partial charge in [-0.15, -0.1) is 0 Å². The topological polar surface area (TPSA) is 68.3 Å². The molecule has 126 valence electrons. The summed E-state index contributed by atoms with van der Waals surface area (Å²) in [6.07, 6.45) is 1.52. The number of fused-ring (bicyclic) bond motifs is 1. The first-order valence-corrected chi connectivity index (χ1v) is 8.03. The van der Waals surface area contributed by atoms with Crippen molar-refractivity contribution >= 4 is 34.0 Å². The summed E-state index contributed by atoms with van der Waals surface area (Å²) in [5, 5.41) is 4.09. The van der Waals surface area contributed by atoms with Crippen molar-refractivity contribution < 1.29 is 14.3 Å². The van der Waals surface area contributed by atoms with Gasteiger partial charge in [0.1, 0.15) is 5.56 Å². The Morgan fingerprint density at radius 1 is 1.08 bits per heavy atom. The molecule has 0 saturated carbocycles. The summed E-state index contributed by atoms with van der Waals surface area (Å²) in [6.45, 7) is 3.58. The molecule has 0 aliphatic rings. The molecule has 5 nitrogen and oxygen atoms in total. The lowest BCUT2D eigenvalue weighted by molar-refractivity contribution is 0.0527.